The number of hydrogen-bond acceptors (Lipinski definition) is 1. The van der Waals surface area contributed by atoms with Gasteiger partial charge in [0.1, 0.15) is 0 Å². The van der Waals surface area contributed by atoms with Crippen molar-refractivity contribution in [3.05, 3.63) is 64.7 Å². The third-order valence-corrected chi connectivity index (χ3v) is 4.70. The number of fused-ring (bicyclic) bond motifs is 1. The Bertz CT molecular complexity index is 704. The molecule has 1 N–H and O–H groups in total. The average molecular weight is 300 g/mol. The Balaban J connectivity index is 2.00. The summed E-state index contributed by atoms with van der Waals surface area (Å²) in [5, 5.41) is 2.71. The van der Waals surface area contributed by atoms with E-state index in [0.717, 1.165) is 22.4 Å². The molecule has 1 amide bonds. The van der Waals surface area contributed by atoms with Gasteiger partial charge in [0.05, 0.1) is 10.8 Å². The molecule has 1 atom stereocenters. The fourth-order valence-electron chi connectivity index (χ4n) is 2.67. The molecule has 2 aromatic carbocycles. The zero-order valence-corrected chi connectivity index (χ0v) is 13.2. The zero-order chi connectivity index (χ0) is 15.2. The maximum absolute atomic E-state index is 12.0. The lowest BCUT2D eigenvalue weighted by molar-refractivity contribution is -0.119. The summed E-state index contributed by atoms with van der Waals surface area (Å²) in [6, 6.07) is 14.2. The van der Waals surface area contributed by atoms with Crippen LogP contribution in [0.2, 0.25) is 0 Å². The summed E-state index contributed by atoms with van der Waals surface area (Å²) >= 11 is 6.61. The van der Waals surface area contributed by atoms with Gasteiger partial charge in [-0.3, -0.25) is 4.79 Å². The smallest absolute Gasteiger partial charge is 0.234 e. The summed E-state index contributed by atoms with van der Waals surface area (Å²) < 4.78 is 0. The predicted octanol–water partition coefficient (Wildman–Crippen LogP) is 4.55. The van der Waals surface area contributed by atoms with Gasteiger partial charge in [-0.15, -0.1) is 11.6 Å². The highest BCUT2D eigenvalue weighted by Gasteiger charge is 2.38. The molecule has 1 aliphatic heterocycles. The van der Waals surface area contributed by atoms with E-state index in [0.29, 0.717) is 0 Å². The van der Waals surface area contributed by atoms with Crippen molar-refractivity contribution in [2.24, 2.45) is 0 Å². The van der Waals surface area contributed by atoms with E-state index in [2.05, 4.69) is 36.5 Å². The predicted molar refractivity (Wildman–Crippen MR) is 87.0 cm³/mol. The maximum Gasteiger partial charge on any atom is 0.234 e. The van der Waals surface area contributed by atoms with Crippen molar-refractivity contribution >= 4 is 23.2 Å². The van der Waals surface area contributed by atoms with Gasteiger partial charge >= 0.3 is 0 Å². The van der Waals surface area contributed by atoms with Crippen molar-refractivity contribution < 1.29 is 4.79 Å². The fraction of sp³-hybridized carbons (Fsp3) is 0.278. The first-order chi connectivity index (χ1) is 9.89. The third kappa shape index (κ3) is 2.34. The van der Waals surface area contributed by atoms with Crippen LogP contribution < -0.4 is 5.32 Å². The summed E-state index contributed by atoms with van der Waals surface area (Å²) in [4.78, 5) is 12.0. The van der Waals surface area contributed by atoms with Crippen LogP contribution in [0.4, 0.5) is 5.69 Å². The van der Waals surface area contributed by atoms with Gasteiger partial charge in [0.15, 0.2) is 0 Å². The monoisotopic (exact) mass is 299 g/mol. The molecule has 0 fully saturated rings. The second-order valence-electron chi connectivity index (χ2n) is 6.16. The van der Waals surface area contributed by atoms with Crippen LogP contribution in [0.25, 0.3) is 0 Å². The molecule has 1 unspecified atom stereocenters. The molecule has 2 aromatic rings. The van der Waals surface area contributed by atoms with Gasteiger partial charge in [0, 0.05) is 5.69 Å². The Kier molecular flexibility index (Phi) is 3.29. The highest BCUT2D eigenvalue weighted by molar-refractivity contribution is 6.22. The number of carbonyl (C=O) groups is 1. The van der Waals surface area contributed by atoms with Gasteiger partial charge in [0.25, 0.3) is 0 Å². The van der Waals surface area contributed by atoms with Crippen LogP contribution in [0.3, 0.4) is 0 Å². The van der Waals surface area contributed by atoms with Gasteiger partial charge in [-0.2, -0.15) is 0 Å². The van der Waals surface area contributed by atoms with E-state index in [-0.39, 0.29) is 11.3 Å². The van der Waals surface area contributed by atoms with Crippen LogP contribution in [-0.2, 0) is 10.2 Å². The van der Waals surface area contributed by atoms with Gasteiger partial charge < -0.3 is 5.32 Å². The normalized spacial score (nSPS) is 17.2. The quantitative estimate of drug-likeness (QED) is 0.810. The van der Waals surface area contributed by atoms with Crippen molar-refractivity contribution in [3.8, 4) is 0 Å². The lowest BCUT2D eigenvalue weighted by Crippen LogP contribution is -2.26. The Morgan fingerprint density at radius 2 is 1.67 bits per heavy atom. The molecule has 0 spiro atoms. The molecule has 0 saturated carbocycles. The average Bonchev–Trinajstić information content (AvgIpc) is 2.69. The lowest BCUT2D eigenvalue weighted by Gasteiger charge is -2.17. The van der Waals surface area contributed by atoms with Crippen LogP contribution in [-0.4, -0.2) is 5.91 Å². The molecule has 0 bridgehead atoms. The maximum atomic E-state index is 12.0. The molecular weight excluding hydrogens is 282 g/mol. The van der Waals surface area contributed by atoms with Gasteiger partial charge in [-0.05, 0) is 43.5 Å². The summed E-state index contributed by atoms with van der Waals surface area (Å²) in [5.41, 5.74) is 4.70. The number of halogens is 1. The Hall–Kier alpha value is -1.80. The number of hydrogen-bond donors (Lipinski definition) is 1. The van der Waals surface area contributed by atoms with Gasteiger partial charge in [-0.1, -0.05) is 42.0 Å². The number of alkyl halides is 1. The summed E-state index contributed by atoms with van der Waals surface area (Å²) in [6.07, 6.45) is 0. The first-order valence-corrected chi connectivity index (χ1v) is 7.50. The minimum Gasteiger partial charge on any atom is -0.325 e. The molecule has 3 rings (SSSR count). The first-order valence-electron chi connectivity index (χ1n) is 7.06. The topological polar surface area (TPSA) is 29.1 Å². The second-order valence-corrected chi connectivity index (χ2v) is 6.59. The number of anilines is 1. The molecule has 3 heteroatoms. The fourth-order valence-corrected chi connectivity index (χ4v) is 2.96. The highest BCUT2D eigenvalue weighted by Crippen LogP contribution is 2.40. The summed E-state index contributed by atoms with van der Waals surface area (Å²) in [7, 11) is 0. The van der Waals surface area contributed by atoms with Crippen LogP contribution in [0.1, 0.15) is 41.5 Å². The molecule has 2 nitrogen and oxygen atoms in total. The molecule has 0 radical (unpaired) electrons. The SMILES string of the molecule is Cc1ccc(C(Cl)c2ccc3c(c2)C(C)(C)C(=O)N3)cc1. The van der Waals surface area contributed by atoms with Crippen molar-refractivity contribution in [2.75, 3.05) is 5.32 Å². The molecule has 0 aliphatic carbocycles. The Morgan fingerprint density at radius 3 is 2.33 bits per heavy atom. The van der Waals surface area contributed by atoms with E-state index in [4.69, 9.17) is 11.6 Å². The van der Waals surface area contributed by atoms with Gasteiger partial charge in [-0.25, -0.2) is 0 Å². The van der Waals surface area contributed by atoms with E-state index >= 15 is 0 Å². The van der Waals surface area contributed by atoms with Gasteiger partial charge in [0.2, 0.25) is 5.91 Å². The third-order valence-electron chi connectivity index (χ3n) is 4.20. The van der Waals surface area contributed by atoms with Crippen molar-refractivity contribution in [2.45, 2.75) is 31.6 Å². The minimum absolute atomic E-state index is 0.0381. The standard InChI is InChI=1S/C18H18ClNO/c1-11-4-6-12(7-5-11)16(19)13-8-9-15-14(10-13)18(2,3)17(21)20-15/h4-10,16H,1-3H3,(H,20,21). The van der Waals surface area contributed by atoms with Crippen LogP contribution in [0, 0.1) is 6.92 Å². The van der Waals surface area contributed by atoms with E-state index in [9.17, 15) is 4.79 Å². The Morgan fingerprint density at radius 1 is 1.05 bits per heavy atom. The Labute approximate surface area is 130 Å². The van der Waals surface area contributed by atoms with Crippen molar-refractivity contribution in [1.29, 1.82) is 0 Å². The minimum atomic E-state index is -0.505. The molecule has 0 saturated heterocycles. The van der Waals surface area contributed by atoms with Crippen molar-refractivity contribution in [3.63, 3.8) is 0 Å². The molecular formula is C18H18ClNO. The number of carbonyl (C=O) groups excluding carboxylic acids is 1. The molecule has 1 heterocycles. The van der Waals surface area contributed by atoms with E-state index in [1.807, 2.05) is 32.0 Å². The van der Waals surface area contributed by atoms with Crippen LogP contribution in [0.15, 0.2) is 42.5 Å². The van der Waals surface area contributed by atoms with Crippen molar-refractivity contribution in [1.82, 2.24) is 0 Å². The zero-order valence-electron chi connectivity index (χ0n) is 12.4. The number of nitrogens with one attached hydrogen (secondary N) is 1. The summed E-state index contributed by atoms with van der Waals surface area (Å²) in [6.45, 7) is 5.93. The number of benzene rings is 2. The number of rotatable bonds is 2. The van der Waals surface area contributed by atoms with E-state index in [1.165, 1.54) is 5.56 Å². The second kappa shape index (κ2) is 4.88. The molecule has 21 heavy (non-hydrogen) atoms. The number of aryl methyl sites for hydroxylation is 1. The van der Waals surface area contributed by atoms with Crippen LogP contribution in [0.5, 0.6) is 0 Å². The van der Waals surface area contributed by atoms with E-state index in [1.54, 1.807) is 0 Å². The lowest BCUT2D eigenvalue weighted by atomic mass is 9.85. The molecule has 1 aliphatic rings. The first kappa shape index (κ1) is 14.2. The number of amides is 1. The summed E-state index contributed by atoms with van der Waals surface area (Å²) in [5.74, 6) is 0.0381. The molecule has 0 aromatic heterocycles. The molecule has 108 valence electrons. The van der Waals surface area contributed by atoms with E-state index < -0.39 is 5.41 Å². The van der Waals surface area contributed by atoms with Crippen LogP contribution >= 0.6 is 11.6 Å². The highest BCUT2D eigenvalue weighted by atomic mass is 35.5. The largest absolute Gasteiger partial charge is 0.325 e.